The molecule has 3 nitrogen and oxygen atoms in total. The van der Waals surface area contributed by atoms with E-state index in [-0.39, 0.29) is 5.78 Å². The molecule has 1 aliphatic rings. The van der Waals surface area contributed by atoms with E-state index in [4.69, 9.17) is 0 Å². The summed E-state index contributed by atoms with van der Waals surface area (Å²) in [6, 6.07) is 0. The maximum atomic E-state index is 11.9. The van der Waals surface area contributed by atoms with Gasteiger partial charge in [-0.1, -0.05) is 11.6 Å². The summed E-state index contributed by atoms with van der Waals surface area (Å²) < 4.78 is 0. The Labute approximate surface area is 109 Å². The van der Waals surface area contributed by atoms with E-state index in [1.165, 1.54) is 11.6 Å². The van der Waals surface area contributed by atoms with E-state index >= 15 is 0 Å². The number of hydrogen-bond acceptors (Lipinski definition) is 3. The topological polar surface area (TPSA) is 57.5 Å². The second-order valence-corrected chi connectivity index (χ2v) is 5.77. The van der Waals surface area contributed by atoms with Crippen molar-refractivity contribution in [2.24, 2.45) is 5.92 Å². The minimum atomic E-state index is -1.05. The first kappa shape index (κ1) is 15.1. The fraction of sp³-hybridized carbons (Fsp3) is 0.667. The lowest BCUT2D eigenvalue weighted by atomic mass is 9.75. The molecule has 0 aromatic carbocycles. The molecular formula is C15H24O3. The summed E-state index contributed by atoms with van der Waals surface area (Å²) in [6.45, 7) is 7.46. The Bertz CT molecular complexity index is 373. The molecule has 2 N–H and O–H groups in total. The molecule has 0 spiro atoms. The van der Waals surface area contributed by atoms with Gasteiger partial charge in [-0.2, -0.15) is 0 Å². The average molecular weight is 252 g/mol. The van der Waals surface area contributed by atoms with Crippen molar-refractivity contribution in [3.63, 3.8) is 0 Å². The highest BCUT2D eigenvalue weighted by molar-refractivity contribution is 5.94. The van der Waals surface area contributed by atoms with Crippen molar-refractivity contribution in [3.05, 3.63) is 23.3 Å². The Balaban J connectivity index is 2.73. The average Bonchev–Trinajstić information content (AvgIpc) is 2.22. The highest BCUT2D eigenvalue weighted by atomic mass is 16.3. The Kier molecular flexibility index (Phi) is 4.88. The van der Waals surface area contributed by atoms with Crippen LogP contribution in [-0.2, 0) is 4.79 Å². The monoisotopic (exact) mass is 252 g/mol. The zero-order valence-corrected chi connectivity index (χ0v) is 11.7. The van der Waals surface area contributed by atoms with Crippen molar-refractivity contribution in [1.82, 2.24) is 0 Å². The van der Waals surface area contributed by atoms with Gasteiger partial charge < -0.3 is 10.2 Å². The SMILES string of the molecule is CC(C)=CCCC(C)(O)C1CC(O)C(C)=CC1=O. The molecule has 1 rings (SSSR count). The molecule has 0 radical (unpaired) electrons. The van der Waals surface area contributed by atoms with Gasteiger partial charge in [-0.3, -0.25) is 4.79 Å². The second-order valence-electron chi connectivity index (χ2n) is 5.77. The van der Waals surface area contributed by atoms with Crippen LogP contribution in [-0.4, -0.2) is 27.7 Å². The van der Waals surface area contributed by atoms with Crippen molar-refractivity contribution in [3.8, 4) is 0 Å². The number of allylic oxidation sites excluding steroid dienone is 3. The van der Waals surface area contributed by atoms with Gasteiger partial charge in [0.2, 0.25) is 0 Å². The van der Waals surface area contributed by atoms with Crippen LogP contribution in [0.4, 0.5) is 0 Å². The molecule has 0 bridgehead atoms. The summed E-state index contributed by atoms with van der Waals surface area (Å²) in [5.41, 5.74) is 0.842. The molecule has 0 saturated heterocycles. The molecule has 3 atom stereocenters. The third-order valence-electron chi connectivity index (χ3n) is 3.65. The van der Waals surface area contributed by atoms with E-state index in [1.807, 2.05) is 13.8 Å². The van der Waals surface area contributed by atoms with Gasteiger partial charge in [0.1, 0.15) is 0 Å². The Morgan fingerprint density at radius 3 is 2.72 bits per heavy atom. The van der Waals surface area contributed by atoms with Crippen molar-refractivity contribution < 1.29 is 15.0 Å². The fourth-order valence-corrected chi connectivity index (χ4v) is 2.33. The lowest BCUT2D eigenvalue weighted by Gasteiger charge is -2.35. The summed E-state index contributed by atoms with van der Waals surface area (Å²) in [5, 5.41) is 20.2. The van der Waals surface area contributed by atoms with Crippen LogP contribution in [0, 0.1) is 5.92 Å². The van der Waals surface area contributed by atoms with E-state index in [2.05, 4.69) is 6.08 Å². The van der Waals surface area contributed by atoms with Gasteiger partial charge in [0.25, 0.3) is 0 Å². The quantitative estimate of drug-likeness (QED) is 0.755. The first-order valence-corrected chi connectivity index (χ1v) is 6.50. The summed E-state index contributed by atoms with van der Waals surface area (Å²) in [7, 11) is 0. The minimum Gasteiger partial charge on any atom is -0.389 e. The second kappa shape index (κ2) is 5.81. The Morgan fingerprint density at radius 2 is 2.17 bits per heavy atom. The molecule has 3 unspecified atom stereocenters. The molecule has 0 aliphatic heterocycles. The van der Waals surface area contributed by atoms with Crippen LogP contribution in [0.3, 0.4) is 0 Å². The van der Waals surface area contributed by atoms with Crippen molar-refractivity contribution in [1.29, 1.82) is 0 Å². The molecule has 0 fully saturated rings. The lowest BCUT2D eigenvalue weighted by Crippen LogP contribution is -2.43. The van der Waals surface area contributed by atoms with Crippen molar-refractivity contribution in [2.75, 3.05) is 0 Å². The molecule has 0 aromatic heterocycles. The van der Waals surface area contributed by atoms with Crippen LogP contribution >= 0.6 is 0 Å². The standard InChI is InChI=1S/C15H24O3/c1-10(2)6-5-7-15(4,18)12-9-13(16)11(3)8-14(12)17/h6,8,12-13,16,18H,5,7,9H2,1-4H3. The summed E-state index contributed by atoms with van der Waals surface area (Å²) in [4.78, 5) is 11.9. The van der Waals surface area contributed by atoms with Gasteiger partial charge in [0.15, 0.2) is 5.78 Å². The lowest BCUT2D eigenvalue weighted by molar-refractivity contribution is -0.130. The van der Waals surface area contributed by atoms with E-state index in [9.17, 15) is 15.0 Å². The third-order valence-corrected chi connectivity index (χ3v) is 3.65. The van der Waals surface area contributed by atoms with Crippen LogP contribution in [0.5, 0.6) is 0 Å². The number of hydrogen-bond donors (Lipinski definition) is 2. The largest absolute Gasteiger partial charge is 0.389 e. The first-order chi connectivity index (χ1) is 8.24. The number of ketones is 1. The molecule has 0 amide bonds. The number of rotatable bonds is 4. The Morgan fingerprint density at radius 1 is 1.56 bits per heavy atom. The maximum absolute atomic E-state index is 11.9. The van der Waals surface area contributed by atoms with Crippen LogP contribution in [0.25, 0.3) is 0 Å². The predicted octanol–water partition coefficient (Wildman–Crippen LogP) is 2.38. The smallest absolute Gasteiger partial charge is 0.161 e. The van der Waals surface area contributed by atoms with Gasteiger partial charge in [0.05, 0.1) is 17.6 Å². The molecular weight excluding hydrogens is 228 g/mol. The van der Waals surface area contributed by atoms with Crippen molar-refractivity contribution >= 4 is 5.78 Å². The van der Waals surface area contributed by atoms with Crippen LogP contribution < -0.4 is 0 Å². The molecule has 0 heterocycles. The number of aliphatic hydroxyl groups is 2. The molecule has 0 saturated carbocycles. The van der Waals surface area contributed by atoms with E-state index in [1.54, 1.807) is 13.8 Å². The van der Waals surface area contributed by atoms with E-state index < -0.39 is 17.6 Å². The molecule has 18 heavy (non-hydrogen) atoms. The van der Waals surface area contributed by atoms with Crippen molar-refractivity contribution in [2.45, 2.75) is 58.7 Å². The summed E-state index contributed by atoms with van der Waals surface area (Å²) >= 11 is 0. The first-order valence-electron chi connectivity index (χ1n) is 6.50. The van der Waals surface area contributed by atoms with Crippen LogP contribution in [0.1, 0.15) is 47.0 Å². The van der Waals surface area contributed by atoms with Crippen LogP contribution in [0.2, 0.25) is 0 Å². The summed E-state index contributed by atoms with van der Waals surface area (Å²) in [5.74, 6) is -0.568. The molecule has 1 aliphatic carbocycles. The van der Waals surface area contributed by atoms with Gasteiger partial charge in [-0.25, -0.2) is 0 Å². The Hall–Kier alpha value is -0.930. The third kappa shape index (κ3) is 3.79. The highest BCUT2D eigenvalue weighted by Crippen LogP contribution is 2.33. The van der Waals surface area contributed by atoms with Gasteiger partial charge in [-0.05, 0) is 58.6 Å². The molecule has 102 valence electrons. The van der Waals surface area contributed by atoms with E-state index in [0.717, 1.165) is 6.42 Å². The maximum Gasteiger partial charge on any atom is 0.161 e. The zero-order chi connectivity index (χ0) is 13.9. The number of carbonyl (C=O) groups excluding carboxylic acids is 1. The minimum absolute atomic E-state index is 0.0694. The normalized spacial score (nSPS) is 27.4. The predicted molar refractivity (Wildman–Crippen MR) is 72.2 cm³/mol. The van der Waals surface area contributed by atoms with Gasteiger partial charge in [0, 0.05) is 0 Å². The number of aliphatic hydroxyl groups excluding tert-OH is 1. The van der Waals surface area contributed by atoms with E-state index in [0.29, 0.717) is 18.4 Å². The highest BCUT2D eigenvalue weighted by Gasteiger charge is 2.39. The zero-order valence-electron chi connectivity index (χ0n) is 11.7. The van der Waals surface area contributed by atoms with Gasteiger partial charge >= 0.3 is 0 Å². The summed E-state index contributed by atoms with van der Waals surface area (Å²) in [6.07, 6.45) is 4.52. The van der Waals surface area contributed by atoms with Gasteiger partial charge in [-0.15, -0.1) is 0 Å². The fourth-order valence-electron chi connectivity index (χ4n) is 2.33. The molecule has 3 heteroatoms. The molecule has 0 aromatic rings. The number of carbonyl (C=O) groups is 1. The van der Waals surface area contributed by atoms with Crippen LogP contribution in [0.15, 0.2) is 23.3 Å².